The van der Waals surface area contributed by atoms with Crippen molar-refractivity contribution in [3.63, 3.8) is 0 Å². The molecule has 1 saturated heterocycles. The van der Waals surface area contributed by atoms with E-state index in [0.29, 0.717) is 32.0 Å². The van der Waals surface area contributed by atoms with Gasteiger partial charge >= 0.3 is 0 Å². The number of nitrogens with one attached hydrogen (secondary N) is 1. The molecule has 98 valence electrons. The van der Waals surface area contributed by atoms with Crippen molar-refractivity contribution < 1.29 is 14.6 Å². The summed E-state index contributed by atoms with van der Waals surface area (Å²) in [7, 11) is 0. The van der Waals surface area contributed by atoms with E-state index in [-0.39, 0.29) is 23.5 Å². The number of rotatable bonds is 3. The second-order valence-electron chi connectivity index (χ2n) is 5.82. The number of ether oxygens (including phenoxy) is 1. The van der Waals surface area contributed by atoms with Gasteiger partial charge in [-0.15, -0.1) is 0 Å². The molecule has 0 aromatic carbocycles. The Morgan fingerprint density at radius 2 is 2.12 bits per heavy atom. The molecule has 0 radical (unpaired) electrons. The SMILES string of the molecule is CC(C)CC(=O)N[C@H]1C[C@H](O)C12CCOCC2. The molecular weight excluding hydrogens is 218 g/mol. The lowest BCUT2D eigenvalue weighted by atomic mass is 9.58. The minimum atomic E-state index is -0.268. The van der Waals surface area contributed by atoms with Gasteiger partial charge in [-0.1, -0.05) is 13.8 Å². The van der Waals surface area contributed by atoms with Gasteiger partial charge in [0.15, 0.2) is 0 Å². The summed E-state index contributed by atoms with van der Waals surface area (Å²) in [6.45, 7) is 5.49. The molecule has 0 bridgehead atoms. The van der Waals surface area contributed by atoms with Gasteiger partial charge in [-0.25, -0.2) is 0 Å². The van der Waals surface area contributed by atoms with Crippen molar-refractivity contribution in [1.82, 2.24) is 5.32 Å². The fourth-order valence-corrected chi connectivity index (χ4v) is 3.02. The Labute approximate surface area is 103 Å². The van der Waals surface area contributed by atoms with Crippen LogP contribution in [-0.2, 0) is 9.53 Å². The molecule has 2 fully saturated rings. The van der Waals surface area contributed by atoms with Gasteiger partial charge in [-0.05, 0) is 25.2 Å². The van der Waals surface area contributed by atoms with Gasteiger partial charge in [-0.2, -0.15) is 0 Å². The van der Waals surface area contributed by atoms with E-state index in [0.717, 1.165) is 12.8 Å². The van der Waals surface area contributed by atoms with Gasteiger partial charge in [0.25, 0.3) is 0 Å². The Morgan fingerprint density at radius 3 is 2.65 bits per heavy atom. The van der Waals surface area contributed by atoms with Crippen LogP contribution in [0.5, 0.6) is 0 Å². The molecule has 4 heteroatoms. The summed E-state index contributed by atoms with van der Waals surface area (Å²) in [6.07, 6.45) is 2.72. The minimum Gasteiger partial charge on any atom is -0.392 e. The topological polar surface area (TPSA) is 58.6 Å². The quantitative estimate of drug-likeness (QED) is 0.777. The highest BCUT2D eigenvalue weighted by Gasteiger charge is 2.55. The van der Waals surface area contributed by atoms with Crippen LogP contribution in [0.4, 0.5) is 0 Å². The van der Waals surface area contributed by atoms with Crippen molar-refractivity contribution in [3.05, 3.63) is 0 Å². The second kappa shape index (κ2) is 4.94. The smallest absolute Gasteiger partial charge is 0.220 e. The third-order valence-corrected chi connectivity index (χ3v) is 4.17. The van der Waals surface area contributed by atoms with Crippen molar-refractivity contribution in [2.75, 3.05) is 13.2 Å². The van der Waals surface area contributed by atoms with E-state index >= 15 is 0 Å². The third kappa shape index (κ3) is 2.47. The van der Waals surface area contributed by atoms with Gasteiger partial charge in [-0.3, -0.25) is 4.79 Å². The van der Waals surface area contributed by atoms with Gasteiger partial charge in [0.05, 0.1) is 6.10 Å². The molecule has 1 aliphatic heterocycles. The molecule has 1 heterocycles. The standard InChI is InChI=1S/C13H23NO3/c1-9(2)7-12(16)14-10-8-11(15)13(10)3-5-17-6-4-13/h9-11,15H,3-8H2,1-2H3,(H,14,16)/t10-,11-/m0/s1. The van der Waals surface area contributed by atoms with Crippen LogP contribution in [0.15, 0.2) is 0 Å². The Kier molecular flexibility index (Phi) is 3.73. The Hall–Kier alpha value is -0.610. The number of aliphatic hydroxyl groups is 1. The molecule has 0 unspecified atom stereocenters. The number of carbonyl (C=O) groups excluding carboxylic acids is 1. The Balaban J connectivity index is 1.91. The summed E-state index contributed by atoms with van der Waals surface area (Å²) in [5.41, 5.74) is -0.106. The van der Waals surface area contributed by atoms with E-state index in [2.05, 4.69) is 5.32 Å². The second-order valence-corrected chi connectivity index (χ2v) is 5.82. The van der Waals surface area contributed by atoms with Crippen LogP contribution in [0, 0.1) is 11.3 Å². The van der Waals surface area contributed by atoms with Crippen molar-refractivity contribution >= 4 is 5.91 Å². The zero-order chi connectivity index (χ0) is 12.5. The van der Waals surface area contributed by atoms with E-state index < -0.39 is 0 Å². The first kappa shape index (κ1) is 12.8. The first-order chi connectivity index (χ1) is 8.04. The van der Waals surface area contributed by atoms with Crippen molar-refractivity contribution in [2.45, 2.75) is 51.7 Å². The normalized spacial score (nSPS) is 31.3. The summed E-state index contributed by atoms with van der Waals surface area (Å²) in [4.78, 5) is 11.8. The fourth-order valence-electron chi connectivity index (χ4n) is 3.02. The first-order valence-corrected chi connectivity index (χ1v) is 6.60. The lowest BCUT2D eigenvalue weighted by Crippen LogP contribution is -2.65. The lowest BCUT2D eigenvalue weighted by Gasteiger charge is -2.55. The maximum absolute atomic E-state index is 11.8. The highest BCUT2D eigenvalue weighted by molar-refractivity contribution is 5.76. The van der Waals surface area contributed by atoms with E-state index in [1.54, 1.807) is 0 Å². The van der Waals surface area contributed by atoms with Gasteiger partial charge in [0.2, 0.25) is 5.91 Å². The maximum Gasteiger partial charge on any atom is 0.220 e. The van der Waals surface area contributed by atoms with E-state index in [1.165, 1.54) is 0 Å². The van der Waals surface area contributed by atoms with Crippen LogP contribution >= 0.6 is 0 Å². The molecule has 0 aromatic rings. The Bertz CT molecular complexity index is 284. The average Bonchev–Trinajstić information content (AvgIpc) is 2.29. The summed E-state index contributed by atoms with van der Waals surface area (Å²) in [6, 6.07) is 0.146. The minimum absolute atomic E-state index is 0.106. The molecule has 1 amide bonds. The zero-order valence-corrected chi connectivity index (χ0v) is 10.7. The number of hydrogen-bond acceptors (Lipinski definition) is 3. The molecule has 1 saturated carbocycles. The lowest BCUT2D eigenvalue weighted by molar-refractivity contribution is -0.156. The molecule has 2 N–H and O–H groups in total. The molecular formula is C13H23NO3. The highest BCUT2D eigenvalue weighted by Crippen LogP contribution is 2.48. The summed E-state index contributed by atoms with van der Waals surface area (Å²) in [5.74, 6) is 0.494. The molecule has 1 aliphatic carbocycles. The summed E-state index contributed by atoms with van der Waals surface area (Å²) in [5, 5.41) is 13.1. The van der Waals surface area contributed by atoms with Crippen LogP contribution in [0.3, 0.4) is 0 Å². The molecule has 4 nitrogen and oxygen atoms in total. The first-order valence-electron chi connectivity index (χ1n) is 6.60. The van der Waals surface area contributed by atoms with Crippen molar-refractivity contribution in [3.8, 4) is 0 Å². The number of amides is 1. The number of carbonyl (C=O) groups is 1. The third-order valence-electron chi connectivity index (χ3n) is 4.17. The van der Waals surface area contributed by atoms with Crippen LogP contribution in [0.25, 0.3) is 0 Å². The molecule has 2 aliphatic rings. The number of aliphatic hydroxyl groups excluding tert-OH is 1. The van der Waals surface area contributed by atoms with Gasteiger partial charge in [0.1, 0.15) is 0 Å². The summed E-state index contributed by atoms with van der Waals surface area (Å²) < 4.78 is 5.34. The van der Waals surface area contributed by atoms with Crippen LogP contribution < -0.4 is 5.32 Å². The predicted molar refractivity (Wildman–Crippen MR) is 64.5 cm³/mol. The van der Waals surface area contributed by atoms with Crippen LogP contribution in [0.2, 0.25) is 0 Å². The van der Waals surface area contributed by atoms with E-state index in [1.807, 2.05) is 13.8 Å². The van der Waals surface area contributed by atoms with Gasteiger partial charge < -0.3 is 15.2 Å². The fraction of sp³-hybridized carbons (Fsp3) is 0.923. The van der Waals surface area contributed by atoms with Crippen molar-refractivity contribution in [2.24, 2.45) is 11.3 Å². The molecule has 0 aromatic heterocycles. The summed E-state index contributed by atoms with van der Waals surface area (Å²) >= 11 is 0. The maximum atomic E-state index is 11.8. The average molecular weight is 241 g/mol. The van der Waals surface area contributed by atoms with Gasteiger partial charge in [0, 0.05) is 31.1 Å². The molecule has 1 spiro atoms. The number of hydrogen-bond donors (Lipinski definition) is 2. The van der Waals surface area contributed by atoms with Crippen molar-refractivity contribution in [1.29, 1.82) is 0 Å². The van der Waals surface area contributed by atoms with E-state index in [9.17, 15) is 9.90 Å². The van der Waals surface area contributed by atoms with Crippen LogP contribution in [0.1, 0.15) is 39.5 Å². The largest absolute Gasteiger partial charge is 0.392 e. The molecule has 2 atom stereocenters. The predicted octanol–water partition coefficient (Wildman–Crippen LogP) is 1.08. The molecule has 17 heavy (non-hydrogen) atoms. The van der Waals surface area contributed by atoms with E-state index in [4.69, 9.17) is 4.74 Å². The zero-order valence-electron chi connectivity index (χ0n) is 10.7. The van der Waals surface area contributed by atoms with Crippen LogP contribution in [-0.4, -0.2) is 36.4 Å². The Morgan fingerprint density at radius 1 is 1.47 bits per heavy atom. The highest BCUT2D eigenvalue weighted by atomic mass is 16.5. The molecule has 2 rings (SSSR count). The monoisotopic (exact) mass is 241 g/mol.